The van der Waals surface area contributed by atoms with Crippen molar-refractivity contribution in [3.63, 3.8) is 0 Å². The Bertz CT molecular complexity index is 534. The van der Waals surface area contributed by atoms with E-state index in [1.54, 1.807) is 6.07 Å². The van der Waals surface area contributed by atoms with Crippen LogP contribution in [0.3, 0.4) is 0 Å². The molecule has 19 heavy (non-hydrogen) atoms. The van der Waals surface area contributed by atoms with Crippen LogP contribution < -0.4 is 0 Å². The molecule has 0 aliphatic rings. The van der Waals surface area contributed by atoms with E-state index < -0.39 is 0 Å². The predicted molar refractivity (Wildman–Crippen MR) is 82.7 cm³/mol. The molecule has 0 heterocycles. The first kappa shape index (κ1) is 14.8. The van der Waals surface area contributed by atoms with Crippen LogP contribution in [0.1, 0.15) is 17.0 Å². The Morgan fingerprint density at radius 1 is 1.11 bits per heavy atom. The van der Waals surface area contributed by atoms with Crippen molar-refractivity contribution in [1.29, 1.82) is 0 Å². The Morgan fingerprint density at radius 2 is 1.79 bits per heavy atom. The molecular weight excluding hydrogens is 350 g/mol. The Kier molecular flexibility index (Phi) is 5.26. The lowest BCUT2D eigenvalue weighted by molar-refractivity contribution is 0.622. The smallest absolute Gasteiger partial charge is 0.124 e. The first-order chi connectivity index (χ1) is 9.08. The van der Waals surface area contributed by atoms with Crippen LogP contribution in [0.4, 0.5) is 4.39 Å². The van der Waals surface area contributed by atoms with E-state index in [4.69, 9.17) is 23.2 Å². The number of hydrogen-bond acceptors (Lipinski definition) is 0. The van der Waals surface area contributed by atoms with Gasteiger partial charge in [0.2, 0.25) is 0 Å². The lowest BCUT2D eigenvalue weighted by Crippen LogP contribution is -2.05. The molecule has 0 nitrogen and oxygen atoms in total. The molecule has 0 aliphatic carbocycles. The molecule has 0 radical (unpaired) electrons. The van der Waals surface area contributed by atoms with Crippen LogP contribution in [0, 0.1) is 5.82 Å². The van der Waals surface area contributed by atoms with E-state index in [-0.39, 0.29) is 11.7 Å². The Labute approximate surface area is 130 Å². The summed E-state index contributed by atoms with van der Waals surface area (Å²) in [6, 6.07) is 12.5. The van der Waals surface area contributed by atoms with Gasteiger partial charge in [0.25, 0.3) is 0 Å². The van der Waals surface area contributed by atoms with Crippen LogP contribution in [0.15, 0.2) is 46.9 Å². The average Bonchev–Trinajstić information content (AvgIpc) is 2.36. The van der Waals surface area contributed by atoms with E-state index in [2.05, 4.69) is 15.9 Å². The molecule has 0 N–H and O–H groups in total. The third kappa shape index (κ3) is 4.20. The molecule has 2 aromatic carbocycles. The average molecular weight is 362 g/mol. The van der Waals surface area contributed by atoms with Gasteiger partial charge in [-0.3, -0.25) is 0 Å². The summed E-state index contributed by atoms with van der Waals surface area (Å²) in [6.07, 6.45) is 0.696. The minimum absolute atomic E-state index is 0.146. The molecule has 0 saturated carbocycles. The zero-order valence-corrected chi connectivity index (χ0v) is 13.1. The second-order valence-electron chi connectivity index (χ2n) is 4.38. The van der Waals surface area contributed by atoms with Crippen LogP contribution in [-0.2, 0) is 6.42 Å². The number of benzene rings is 2. The third-order valence-electron chi connectivity index (χ3n) is 2.93. The largest absolute Gasteiger partial charge is 0.207 e. The molecule has 0 saturated heterocycles. The second kappa shape index (κ2) is 6.74. The summed E-state index contributed by atoms with van der Waals surface area (Å²) in [5.74, 6) is 0.386. The zero-order valence-electron chi connectivity index (χ0n) is 10.0. The van der Waals surface area contributed by atoms with E-state index in [1.165, 1.54) is 6.07 Å². The topological polar surface area (TPSA) is 0 Å². The van der Waals surface area contributed by atoms with Gasteiger partial charge >= 0.3 is 0 Å². The summed E-state index contributed by atoms with van der Waals surface area (Å²) in [4.78, 5) is 0. The molecule has 100 valence electrons. The number of rotatable bonds is 4. The summed E-state index contributed by atoms with van der Waals surface area (Å²) in [5, 5.41) is 0.700. The minimum Gasteiger partial charge on any atom is -0.207 e. The molecule has 1 unspecified atom stereocenters. The molecule has 4 heteroatoms. The lowest BCUT2D eigenvalue weighted by Gasteiger charge is -2.15. The first-order valence-electron chi connectivity index (χ1n) is 5.85. The maximum atomic E-state index is 13.4. The molecular formula is C15H12BrCl2F. The summed E-state index contributed by atoms with van der Waals surface area (Å²) in [7, 11) is 0. The van der Waals surface area contributed by atoms with Gasteiger partial charge in [0.15, 0.2) is 0 Å². The normalized spacial score (nSPS) is 12.4. The quantitative estimate of drug-likeness (QED) is 0.603. The van der Waals surface area contributed by atoms with Crippen molar-refractivity contribution in [2.45, 2.75) is 12.3 Å². The van der Waals surface area contributed by atoms with E-state index >= 15 is 0 Å². The Morgan fingerprint density at radius 3 is 2.37 bits per heavy atom. The van der Waals surface area contributed by atoms with Crippen LogP contribution in [0.2, 0.25) is 5.02 Å². The van der Waals surface area contributed by atoms with Crippen molar-refractivity contribution >= 4 is 39.1 Å². The van der Waals surface area contributed by atoms with E-state index in [1.807, 2.05) is 30.3 Å². The SMILES string of the molecule is Fc1cc(Br)cc(CC(CCl)c2ccc(Cl)cc2)c1. The van der Waals surface area contributed by atoms with Gasteiger partial charge in [-0.15, -0.1) is 11.6 Å². The standard InChI is InChI=1S/C15H12BrCl2F/c16-13-6-10(7-15(19)8-13)5-12(9-17)11-1-3-14(18)4-2-11/h1-4,6-8,12H,5,9H2. The van der Waals surface area contributed by atoms with Gasteiger partial charge in [-0.05, 0) is 47.9 Å². The molecule has 0 aliphatic heterocycles. The van der Waals surface area contributed by atoms with Gasteiger partial charge in [0.05, 0.1) is 0 Å². The fourth-order valence-electron chi connectivity index (χ4n) is 2.01. The monoisotopic (exact) mass is 360 g/mol. The summed E-state index contributed by atoms with van der Waals surface area (Å²) in [6.45, 7) is 0. The van der Waals surface area contributed by atoms with Gasteiger partial charge in [-0.1, -0.05) is 39.7 Å². The predicted octanol–water partition coefficient (Wildman–Crippen LogP) is 5.81. The number of alkyl halides is 1. The van der Waals surface area contributed by atoms with Crippen LogP contribution in [-0.4, -0.2) is 5.88 Å². The summed E-state index contributed by atoms with van der Waals surface area (Å²) >= 11 is 15.2. The summed E-state index contributed by atoms with van der Waals surface area (Å²) in [5.41, 5.74) is 2.03. The Hall–Kier alpha value is -0.570. The van der Waals surface area contributed by atoms with E-state index in [0.29, 0.717) is 17.3 Å². The molecule has 2 rings (SSSR count). The van der Waals surface area contributed by atoms with Gasteiger partial charge < -0.3 is 0 Å². The minimum atomic E-state index is -0.242. The fraction of sp³-hybridized carbons (Fsp3) is 0.200. The van der Waals surface area contributed by atoms with Gasteiger partial charge in [0, 0.05) is 21.3 Å². The number of halogens is 4. The fourth-order valence-corrected chi connectivity index (χ4v) is 2.94. The Balaban J connectivity index is 2.21. The van der Waals surface area contributed by atoms with Crippen LogP contribution >= 0.6 is 39.1 Å². The molecule has 0 bridgehead atoms. The van der Waals surface area contributed by atoms with Gasteiger partial charge in [0.1, 0.15) is 5.82 Å². The van der Waals surface area contributed by atoms with Gasteiger partial charge in [-0.2, -0.15) is 0 Å². The summed E-state index contributed by atoms with van der Waals surface area (Å²) < 4.78 is 14.1. The maximum absolute atomic E-state index is 13.4. The molecule has 1 atom stereocenters. The lowest BCUT2D eigenvalue weighted by atomic mass is 9.93. The molecule has 0 fully saturated rings. The second-order valence-corrected chi connectivity index (χ2v) is 6.05. The molecule has 0 aromatic heterocycles. The highest BCUT2D eigenvalue weighted by Crippen LogP contribution is 2.25. The van der Waals surface area contributed by atoms with E-state index in [0.717, 1.165) is 15.6 Å². The highest BCUT2D eigenvalue weighted by atomic mass is 79.9. The number of hydrogen-bond donors (Lipinski definition) is 0. The van der Waals surface area contributed by atoms with Crippen LogP contribution in [0.5, 0.6) is 0 Å². The van der Waals surface area contributed by atoms with Crippen LogP contribution in [0.25, 0.3) is 0 Å². The highest BCUT2D eigenvalue weighted by molar-refractivity contribution is 9.10. The molecule has 2 aromatic rings. The maximum Gasteiger partial charge on any atom is 0.124 e. The molecule has 0 amide bonds. The first-order valence-corrected chi connectivity index (χ1v) is 7.55. The van der Waals surface area contributed by atoms with E-state index in [9.17, 15) is 4.39 Å². The van der Waals surface area contributed by atoms with Crippen molar-refractivity contribution in [2.75, 3.05) is 5.88 Å². The van der Waals surface area contributed by atoms with Crippen molar-refractivity contribution in [1.82, 2.24) is 0 Å². The van der Waals surface area contributed by atoms with Crippen molar-refractivity contribution in [3.05, 3.63) is 68.9 Å². The molecule has 0 spiro atoms. The third-order valence-corrected chi connectivity index (χ3v) is 4.01. The van der Waals surface area contributed by atoms with Crippen molar-refractivity contribution in [2.24, 2.45) is 0 Å². The highest BCUT2D eigenvalue weighted by Gasteiger charge is 2.12. The van der Waals surface area contributed by atoms with Crippen molar-refractivity contribution in [3.8, 4) is 0 Å². The van der Waals surface area contributed by atoms with Gasteiger partial charge in [-0.25, -0.2) is 4.39 Å². The zero-order chi connectivity index (χ0) is 13.8. The van der Waals surface area contributed by atoms with Crippen molar-refractivity contribution < 1.29 is 4.39 Å².